The summed E-state index contributed by atoms with van der Waals surface area (Å²) in [5.41, 5.74) is 7.01. The summed E-state index contributed by atoms with van der Waals surface area (Å²) in [6.45, 7) is 2.13. The molecular weight excluding hydrogens is 263 g/mol. The molecule has 0 aliphatic carbocycles. The highest BCUT2D eigenvalue weighted by Gasteiger charge is 2.31. The Morgan fingerprint density at radius 2 is 2.05 bits per heavy atom. The number of benzene rings is 1. The number of hydrogen-bond acceptors (Lipinski definition) is 4. The van der Waals surface area contributed by atoms with E-state index < -0.39 is 5.41 Å². The van der Waals surface area contributed by atoms with E-state index in [9.17, 15) is 9.50 Å². The van der Waals surface area contributed by atoms with Crippen LogP contribution < -0.4 is 5.73 Å². The molecule has 1 atom stereocenters. The minimum Gasteiger partial charge on any atom is -0.395 e. The number of halogens is 1. The lowest BCUT2D eigenvalue weighted by molar-refractivity contribution is 0.195. The number of nitrogens with zero attached hydrogens (tertiary/aromatic N) is 1. The lowest BCUT2D eigenvalue weighted by atomic mass is 9.77. The molecular formula is C14H17FN2OS. The van der Waals surface area contributed by atoms with Crippen LogP contribution in [0, 0.1) is 12.7 Å². The molecule has 102 valence electrons. The predicted octanol–water partition coefficient (Wildman–Crippen LogP) is 2.02. The maximum atomic E-state index is 13.0. The molecule has 0 amide bonds. The SMILES string of the molecule is Cc1nc(CC(CN)(CO)c2ccc(F)cc2)cs1. The molecule has 3 N–H and O–H groups in total. The average molecular weight is 280 g/mol. The fourth-order valence-corrected chi connectivity index (χ4v) is 2.76. The van der Waals surface area contributed by atoms with Gasteiger partial charge in [0, 0.05) is 23.8 Å². The van der Waals surface area contributed by atoms with Crippen molar-refractivity contribution in [1.29, 1.82) is 0 Å². The summed E-state index contributed by atoms with van der Waals surface area (Å²) in [5, 5.41) is 12.7. The number of aliphatic hydroxyl groups excluding tert-OH is 1. The van der Waals surface area contributed by atoms with E-state index in [0.717, 1.165) is 16.3 Å². The lowest BCUT2D eigenvalue weighted by Gasteiger charge is -2.30. The second-order valence-electron chi connectivity index (χ2n) is 4.68. The van der Waals surface area contributed by atoms with Gasteiger partial charge in [0.05, 0.1) is 17.3 Å². The number of nitrogens with two attached hydrogens (primary N) is 1. The average Bonchev–Trinajstić information content (AvgIpc) is 2.82. The summed E-state index contributed by atoms with van der Waals surface area (Å²) in [7, 11) is 0. The third kappa shape index (κ3) is 3.00. The number of aromatic nitrogens is 1. The van der Waals surface area contributed by atoms with Crippen LogP contribution in [0.4, 0.5) is 4.39 Å². The van der Waals surface area contributed by atoms with E-state index in [1.165, 1.54) is 12.1 Å². The molecule has 2 rings (SSSR count). The zero-order valence-corrected chi connectivity index (χ0v) is 11.6. The minimum atomic E-state index is -0.603. The zero-order chi connectivity index (χ0) is 13.9. The first kappa shape index (κ1) is 14.1. The molecule has 0 radical (unpaired) electrons. The first-order valence-electron chi connectivity index (χ1n) is 6.07. The maximum absolute atomic E-state index is 13.0. The van der Waals surface area contributed by atoms with Crippen molar-refractivity contribution in [3.63, 3.8) is 0 Å². The monoisotopic (exact) mass is 280 g/mol. The zero-order valence-electron chi connectivity index (χ0n) is 10.8. The second-order valence-corrected chi connectivity index (χ2v) is 5.75. The molecule has 1 heterocycles. The van der Waals surface area contributed by atoms with Crippen LogP contribution in [0.15, 0.2) is 29.6 Å². The van der Waals surface area contributed by atoms with Crippen molar-refractivity contribution >= 4 is 11.3 Å². The van der Waals surface area contributed by atoms with E-state index in [4.69, 9.17) is 5.73 Å². The third-order valence-corrected chi connectivity index (χ3v) is 4.16. The van der Waals surface area contributed by atoms with Crippen LogP contribution in [0.5, 0.6) is 0 Å². The molecule has 3 nitrogen and oxygen atoms in total. The Balaban J connectivity index is 2.33. The van der Waals surface area contributed by atoms with E-state index in [1.807, 2.05) is 12.3 Å². The van der Waals surface area contributed by atoms with Crippen LogP contribution in [-0.2, 0) is 11.8 Å². The molecule has 0 fully saturated rings. The van der Waals surface area contributed by atoms with Crippen LogP contribution in [-0.4, -0.2) is 23.2 Å². The van der Waals surface area contributed by atoms with E-state index in [2.05, 4.69) is 4.98 Å². The standard InChI is InChI=1S/C14H17FN2OS/c1-10-17-13(7-19-10)6-14(8-16,9-18)11-2-4-12(15)5-3-11/h2-5,7,18H,6,8-9,16H2,1H3. The van der Waals surface area contributed by atoms with E-state index >= 15 is 0 Å². The highest BCUT2D eigenvalue weighted by atomic mass is 32.1. The Bertz CT molecular complexity index is 535. The van der Waals surface area contributed by atoms with Gasteiger partial charge in [-0.1, -0.05) is 12.1 Å². The van der Waals surface area contributed by atoms with Gasteiger partial charge in [0.25, 0.3) is 0 Å². The number of rotatable bonds is 5. The fourth-order valence-electron chi connectivity index (χ4n) is 2.14. The quantitative estimate of drug-likeness (QED) is 0.881. The first-order valence-corrected chi connectivity index (χ1v) is 6.95. The summed E-state index contributed by atoms with van der Waals surface area (Å²) in [5.74, 6) is -0.294. The van der Waals surface area contributed by atoms with E-state index in [-0.39, 0.29) is 19.0 Å². The van der Waals surface area contributed by atoms with Gasteiger partial charge in [0.15, 0.2) is 0 Å². The van der Waals surface area contributed by atoms with E-state index in [0.29, 0.717) is 6.42 Å². The minimum absolute atomic E-state index is 0.0916. The molecule has 1 aromatic carbocycles. The van der Waals surface area contributed by atoms with Crippen LogP contribution in [0.25, 0.3) is 0 Å². The lowest BCUT2D eigenvalue weighted by Crippen LogP contribution is -2.41. The van der Waals surface area contributed by atoms with Gasteiger partial charge in [-0.25, -0.2) is 9.37 Å². The van der Waals surface area contributed by atoms with Gasteiger partial charge in [0.1, 0.15) is 5.82 Å². The summed E-state index contributed by atoms with van der Waals surface area (Å²) in [6.07, 6.45) is 0.552. The van der Waals surface area contributed by atoms with Gasteiger partial charge in [-0.2, -0.15) is 0 Å². The highest BCUT2D eigenvalue weighted by Crippen LogP contribution is 2.28. The molecule has 1 aromatic heterocycles. The van der Waals surface area contributed by atoms with Crippen molar-refractivity contribution in [3.05, 3.63) is 51.7 Å². The topological polar surface area (TPSA) is 59.1 Å². The summed E-state index contributed by atoms with van der Waals surface area (Å²) in [4.78, 5) is 4.41. The molecule has 0 aliphatic heterocycles. The Morgan fingerprint density at radius 3 is 2.53 bits per heavy atom. The molecule has 1 unspecified atom stereocenters. The summed E-state index contributed by atoms with van der Waals surface area (Å²) < 4.78 is 13.0. The molecule has 5 heteroatoms. The fraction of sp³-hybridized carbons (Fsp3) is 0.357. The number of aliphatic hydroxyl groups is 1. The molecule has 2 aromatic rings. The number of aryl methyl sites for hydroxylation is 1. The van der Waals surface area contributed by atoms with Crippen LogP contribution in [0.3, 0.4) is 0 Å². The molecule has 0 aliphatic rings. The van der Waals surface area contributed by atoms with Crippen molar-refractivity contribution in [2.45, 2.75) is 18.8 Å². The summed E-state index contributed by atoms with van der Waals surface area (Å²) in [6, 6.07) is 6.14. The molecule has 0 saturated carbocycles. The Morgan fingerprint density at radius 1 is 1.37 bits per heavy atom. The van der Waals surface area contributed by atoms with Crippen molar-refractivity contribution in [3.8, 4) is 0 Å². The predicted molar refractivity (Wildman–Crippen MR) is 74.8 cm³/mol. The molecule has 0 saturated heterocycles. The highest BCUT2D eigenvalue weighted by molar-refractivity contribution is 7.09. The Hall–Kier alpha value is -1.30. The Labute approximate surface area is 115 Å². The number of thiazole rings is 1. The summed E-state index contributed by atoms with van der Waals surface area (Å²) >= 11 is 1.57. The Kier molecular flexibility index (Phi) is 4.29. The number of hydrogen-bond donors (Lipinski definition) is 2. The van der Waals surface area contributed by atoms with Gasteiger partial charge in [0.2, 0.25) is 0 Å². The third-order valence-electron chi connectivity index (χ3n) is 3.34. The van der Waals surface area contributed by atoms with Gasteiger partial charge >= 0.3 is 0 Å². The van der Waals surface area contributed by atoms with Gasteiger partial charge in [-0.05, 0) is 24.6 Å². The van der Waals surface area contributed by atoms with Crippen molar-refractivity contribution in [2.24, 2.45) is 5.73 Å². The van der Waals surface area contributed by atoms with Crippen LogP contribution in [0.1, 0.15) is 16.3 Å². The maximum Gasteiger partial charge on any atom is 0.123 e. The largest absolute Gasteiger partial charge is 0.395 e. The smallest absolute Gasteiger partial charge is 0.123 e. The van der Waals surface area contributed by atoms with Crippen molar-refractivity contribution in [1.82, 2.24) is 4.98 Å². The second kappa shape index (κ2) is 5.77. The molecule has 0 spiro atoms. The molecule has 0 bridgehead atoms. The van der Waals surface area contributed by atoms with Gasteiger partial charge in [-0.15, -0.1) is 11.3 Å². The van der Waals surface area contributed by atoms with Gasteiger partial charge in [-0.3, -0.25) is 0 Å². The van der Waals surface area contributed by atoms with Crippen LogP contribution in [0.2, 0.25) is 0 Å². The van der Waals surface area contributed by atoms with Gasteiger partial charge < -0.3 is 10.8 Å². The molecule has 19 heavy (non-hydrogen) atoms. The van der Waals surface area contributed by atoms with Crippen LogP contribution >= 0.6 is 11.3 Å². The van der Waals surface area contributed by atoms with E-state index in [1.54, 1.807) is 23.5 Å². The van der Waals surface area contributed by atoms with Crippen molar-refractivity contribution < 1.29 is 9.50 Å². The first-order chi connectivity index (χ1) is 9.09. The van der Waals surface area contributed by atoms with Crippen molar-refractivity contribution in [2.75, 3.05) is 13.2 Å². The normalized spacial score (nSPS) is 14.3.